The summed E-state index contributed by atoms with van der Waals surface area (Å²) in [4.78, 5) is 29.0. The van der Waals surface area contributed by atoms with Crippen molar-refractivity contribution in [1.82, 2.24) is 4.98 Å². The van der Waals surface area contributed by atoms with E-state index in [1.807, 2.05) is 22.2 Å². The number of rotatable bonds is 6. The zero-order valence-electron chi connectivity index (χ0n) is 15.5. The number of carbonyl (C=O) groups excluding carboxylic acids is 2. The van der Waals surface area contributed by atoms with Gasteiger partial charge in [0.15, 0.2) is 0 Å². The van der Waals surface area contributed by atoms with Gasteiger partial charge in [-0.1, -0.05) is 23.7 Å². The van der Waals surface area contributed by atoms with Crippen molar-refractivity contribution in [3.05, 3.63) is 87.0 Å². The molecule has 4 rings (SSSR count). The summed E-state index contributed by atoms with van der Waals surface area (Å²) in [5.74, 6) is -0.315. The van der Waals surface area contributed by atoms with Gasteiger partial charge in [-0.2, -0.15) is 11.3 Å². The number of esters is 1. The Morgan fingerprint density at radius 1 is 1.03 bits per heavy atom. The quantitative estimate of drug-likeness (QED) is 0.290. The van der Waals surface area contributed by atoms with Gasteiger partial charge in [0.2, 0.25) is 0 Å². The highest BCUT2D eigenvalue weighted by Crippen LogP contribution is 2.26. The highest BCUT2D eigenvalue weighted by atomic mass is 35.5. The summed E-state index contributed by atoms with van der Waals surface area (Å²) in [6.07, 6.45) is 0.0889. The van der Waals surface area contributed by atoms with Crippen molar-refractivity contribution in [2.24, 2.45) is 0 Å². The van der Waals surface area contributed by atoms with Crippen molar-refractivity contribution in [2.75, 3.05) is 5.32 Å². The molecule has 4 aromatic rings. The van der Waals surface area contributed by atoms with Crippen LogP contribution in [-0.4, -0.2) is 16.9 Å². The molecule has 5 nitrogen and oxygen atoms in total. The molecule has 150 valence electrons. The average Bonchev–Trinajstić information content (AvgIpc) is 3.41. The Balaban J connectivity index is 1.33. The van der Waals surface area contributed by atoms with Gasteiger partial charge >= 0.3 is 5.97 Å². The van der Waals surface area contributed by atoms with Gasteiger partial charge in [-0.15, -0.1) is 11.3 Å². The van der Waals surface area contributed by atoms with Crippen molar-refractivity contribution >= 4 is 51.8 Å². The molecular weight excluding hydrogens is 440 g/mol. The summed E-state index contributed by atoms with van der Waals surface area (Å²) < 4.78 is 5.38. The minimum absolute atomic E-state index is 0.0889. The molecule has 0 radical (unpaired) electrons. The number of ether oxygens (including phenoxy) is 1. The SMILES string of the molecule is O=C(Cc1csc(-c2ccsc2)n1)Oc1ccc(NC(=O)c2ccccc2Cl)cc1. The minimum Gasteiger partial charge on any atom is -0.426 e. The lowest BCUT2D eigenvalue weighted by Crippen LogP contribution is -2.13. The van der Waals surface area contributed by atoms with Crippen LogP contribution >= 0.6 is 34.3 Å². The second-order valence-electron chi connectivity index (χ2n) is 6.27. The molecule has 0 fully saturated rings. The number of aromatic nitrogens is 1. The molecule has 2 aromatic carbocycles. The van der Waals surface area contributed by atoms with Crippen LogP contribution in [-0.2, 0) is 11.2 Å². The lowest BCUT2D eigenvalue weighted by Gasteiger charge is -2.08. The molecule has 1 amide bonds. The van der Waals surface area contributed by atoms with E-state index >= 15 is 0 Å². The average molecular weight is 455 g/mol. The first-order valence-electron chi connectivity index (χ1n) is 8.92. The van der Waals surface area contributed by atoms with Gasteiger partial charge < -0.3 is 10.1 Å². The van der Waals surface area contributed by atoms with Gasteiger partial charge in [-0.25, -0.2) is 4.98 Å². The van der Waals surface area contributed by atoms with Crippen LogP contribution in [0.15, 0.2) is 70.7 Å². The monoisotopic (exact) mass is 454 g/mol. The Bertz CT molecular complexity index is 1170. The maximum atomic E-state index is 12.3. The largest absolute Gasteiger partial charge is 0.426 e. The fourth-order valence-electron chi connectivity index (χ4n) is 2.67. The van der Waals surface area contributed by atoms with Crippen molar-refractivity contribution in [2.45, 2.75) is 6.42 Å². The Kier molecular flexibility index (Phi) is 6.23. The number of nitrogens with zero attached hydrogens (tertiary/aromatic N) is 1. The number of thiazole rings is 1. The van der Waals surface area contributed by atoms with Crippen molar-refractivity contribution in [1.29, 1.82) is 0 Å². The first kappa shape index (κ1) is 20.3. The number of halogens is 1. The van der Waals surface area contributed by atoms with E-state index in [2.05, 4.69) is 10.3 Å². The van der Waals surface area contributed by atoms with Crippen molar-refractivity contribution < 1.29 is 14.3 Å². The van der Waals surface area contributed by atoms with Gasteiger partial charge in [0.25, 0.3) is 5.91 Å². The number of hydrogen-bond donors (Lipinski definition) is 1. The lowest BCUT2D eigenvalue weighted by atomic mass is 10.2. The van der Waals surface area contributed by atoms with Gasteiger partial charge in [0, 0.05) is 22.0 Å². The summed E-state index contributed by atoms with van der Waals surface area (Å²) in [5, 5.41) is 9.90. The molecule has 2 heterocycles. The summed E-state index contributed by atoms with van der Waals surface area (Å²) in [6, 6.07) is 15.4. The zero-order chi connectivity index (χ0) is 20.9. The standard InChI is InChI=1S/C22H15ClN2O3S2/c23-19-4-2-1-3-18(19)21(27)24-15-5-7-17(8-6-15)28-20(26)11-16-13-30-22(25-16)14-9-10-29-12-14/h1-10,12-13H,11H2,(H,24,27). The van der Waals surface area contributed by atoms with Crippen molar-refractivity contribution in [3.8, 4) is 16.3 Å². The Morgan fingerprint density at radius 3 is 2.57 bits per heavy atom. The number of nitrogens with one attached hydrogen (secondary N) is 1. The maximum Gasteiger partial charge on any atom is 0.317 e. The number of thiophene rings is 1. The van der Waals surface area contributed by atoms with E-state index in [-0.39, 0.29) is 12.3 Å². The normalized spacial score (nSPS) is 10.6. The van der Waals surface area contributed by atoms with Gasteiger partial charge in [0.1, 0.15) is 10.8 Å². The summed E-state index contributed by atoms with van der Waals surface area (Å²) >= 11 is 9.15. The molecule has 0 spiro atoms. The fourth-order valence-corrected chi connectivity index (χ4v) is 4.43. The number of carbonyl (C=O) groups is 2. The predicted molar refractivity (Wildman–Crippen MR) is 121 cm³/mol. The van der Waals surface area contributed by atoms with Crippen LogP contribution in [0.3, 0.4) is 0 Å². The number of anilines is 1. The summed E-state index contributed by atoms with van der Waals surface area (Å²) in [7, 11) is 0. The number of hydrogen-bond acceptors (Lipinski definition) is 6. The van der Waals surface area contributed by atoms with Crippen LogP contribution in [0.25, 0.3) is 10.6 Å². The zero-order valence-corrected chi connectivity index (χ0v) is 17.9. The van der Waals surface area contributed by atoms with Crippen LogP contribution in [0.2, 0.25) is 5.02 Å². The second kappa shape index (κ2) is 9.21. The van der Waals surface area contributed by atoms with E-state index in [1.54, 1.807) is 59.9 Å². The van der Waals surface area contributed by atoms with E-state index in [4.69, 9.17) is 16.3 Å². The van der Waals surface area contributed by atoms with E-state index < -0.39 is 5.97 Å². The van der Waals surface area contributed by atoms with E-state index in [0.717, 1.165) is 10.6 Å². The molecule has 0 aliphatic carbocycles. The topological polar surface area (TPSA) is 68.3 Å². The molecule has 30 heavy (non-hydrogen) atoms. The second-order valence-corrected chi connectivity index (χ2v) is 8.31. The Morgan fingerprint density at radius 2 is 1.83 bits per heavy atom. The molecule has 0 aliphatic rings. The van der Waals surface area contributed by atoms with E-state index in [1.165, 1.54) is 11.3 Å². The Labute approximate surface area is 185 Å². The van der Waals surface area contributed by atoms with Crippen LogP contribution in [0.4, 0.5) is 5.69 Å². The van der Waals surface area contributed by atoms with E-state index in [0.29, 0.717) is 27.7 Å². The third kappa shape index (κ3) is 4.94. The van der Waals surface area contributed by atoms with Crippen LogP contribution in [0, 0.1) is 0 Å². The third-order valence-electron chi connectivity index (χ3n) is 4.11. The first-order valence-corrected chi connectivity index (χ1v) is 11.1. The first-order chi connectivity index (χ1) is 14.6. The highest BCUT2D eigenvalue weighted by molar-refractivity contribution is 7.14. The summed E-state index contributed by atoms with van der Waals surface area (Å²) in [5.41, 5.74) is 2.69. The van der Waals surface area contributed by atoms with Crippen LogP contribution in [0.1, 0.15) is 16.1 Å². The number of amides is 1. The minimum atomic E-state index is -0.398. The molecule has 0 aliphatic heterocycles. The molecule has 0 saturated carbocycles. The molecule has 0 atom stereocenters. The fraction of sp³-hybridized carbons (Fsp3) is 0.0455. The predicted octanol–water partition coefficient (Wildman–Crippen LogP) is 5.93. The smallest absolute Gasteiger partial charge is 0.317 e. The lowest BCUT2D eigenvalue weighted by molar-refractivity contribution is -0.133. The summed E-state index contributed by atoms with van der Waals surface area (Å²) in [6.45, 7) is 0. The van der Waals surface area contributed by atoms with E-state index in [9.17, 15) is 9.59 Å². The van der Waals surface area contributed by atoms with Crippen molar-refractivity contribution in [3.63, 3.8) is 0 Å². The van der Waals surface area contributed by atoms with Crippen LogP contribution < -0.4 is 10.1 Å². The highest BCUT2D eigenvalue weighted by Gasteiger charge is 2.12. The molecule has 8 heteroatoms. The molecule has 1 N–H and O–H groups in total. The molecular formula is C22H15ClN2O3S2. The number of benzene rings is 2. The third-order valence-corrected chi connectivity index (χ3v) is 6.06. The van der Waals surface area contributed by atoms with Gasteiger partial charge in [-0.3, -0.25) is 9.59 Å². The van der Waals surface area contributed by atoms with Crippen LogP contribution in [0.5, 0.6) is 5.75 Å². The molecule has 0 unspecified atom stereocenters. The molecule has 0 bridgehead atoms. The maximum absolute atomic E-state index is 12.3. The Hall–Kier alpha value is -3.00. The van der Waals surface area contributed by atoms with Gasteiger partial charge in [0.05, 0.1) is 22.7 Å². The molecule has 0 saturated heterocycles. The van der Waals surface area contributed by atoms with Gasteiger partial charge in [-0.05, 0) is 47.8 Å². The molecule has 2 aromatic heterocycles.